The van der Waals surface area contributed by atoms with Crippen molar-refractivity contribution in [2.45, 2.75) is 0 Å². The van der Waals surface area contributed by atoms with Crippen molar-refractivity contribution >= 4 is 34.6 Å². The molecule has 0 unspecified atom stereocenters. The third kappa shape index (κ3) is 3.00. The van der Waals surface area contributed by atoms with E-state index < -0.39 is 0 Å². The van der Waals surface area contributed by atoms with Gasteiger partial charge in [0.25, 0.3) is 5.91 Å². The van der Waals surface area contributed by atoms with E-state index in [1.165, 1.54) is 4.90 Å². The molecule has 0 atom stereocenters. The lowest BCUT2D eigenvalue weighted by atomic mass is 10.2. The summed E-state index contributed by atoms with van der Waals surface area (Å²) in [5.41, 5.74) is 1.45. The molecule has 6 heteroatoms. The van der Waals surface area contributed by atoms with E-state index in [9.17, 15) is 4.79 Å². The predicted octanol–water partition coefficient (Wildman–Crippen LogP) is 3.76. The lowest BCUT2D eigenvalue weighted by Gasteiger charge is -2.17. The first-order valence-corrected chi connectivity index (χ1v) is 8.05. The summed E-state index contributed by atoms with van der Waals surface area (Å²) in [6.45, 7) is 0. The van der Waals surface area contributed by atoms with Crippen LogP contribution in [0.25, 0.3) is 6.08 Å². The summed E-state index contributed by atoms with van der Waals surface area (Å²) in [5.74, 6) is 1.08. The number of anilines is 1. The van der Waals surface area contributed by atoms with Gasteiger partial charge in [-0.1, -0.05) is 24.3 Å². The molecule has 1 aliphatic heterocycles. The molecule has 0 aromatic heterocycles. The number of amidine groups is 1. The summed E-state index contributed by atoms with van der Waals surface area (Å²) >= 11 is 1.13. The molecule has 0 saturated carbocycles. The zero-order valence-corrected chi connectivity index (χ0v) is 14.1. The third-order valence-corrected chi connectivity index (χ3v) is 4.45. The highest BCUT2D eigenvalue weighted by Crippen LogP contribution is 2.39. The van der Waals surface area contributed by atoms with Gasteiger partial charge in [0.15, 0.2) is 5.17 Å². The summed E-state index contributed by atoms with van der Waals surface area (Å²) in [5, 5.41) is 8.31. The number of amides is 1. The first-order valence-electron chi connectivity index (χ1n) is 7.23. The number of hydrogen-bond acceptors (Lipinski definition) is 5. The van der Waals surface area contributed by atoms with Crippen molar-refractivity contribution in [2.24, 2.45) is 0 Å². The van der Waals surface area contributed by atoms with Crippen LogP contribution in [0, 0.1) is 5.41 Å². The van der Waals surface area contributed by atoms with E-state index >= 15 is 0 Å². The van der Waals surface area contributed by atoms with Gasteiger partial charge < -0.3 is 9.47 Å². The highest BCUT2D eigenvalue weighted by atomic mass is 32.2. The van der Waals surface area contributed by atoms with Crippen molar-refractivity contribution in [2.75, 3.05) is 19.1 Å². The van der Waals surface area contributed by atoms with Gasteiger partial charge in [0.05, 0.1) is 24.8 Å². The molecule has 122 valence electrons. The molecule has 0 radical (unpaired) electrons. The number of para-hydroxylation sites is 2. The van der Waals surface area contributed by atoms with Crippen molar-refractivity contribution < 1.29 is 14.3 Å². The number of rotatable bonds is 4. The zero-order valence-electron chi connectivity index (χ0n) is 13.3. The van der Waals surface area contributed by atoms with E-state index in [4.69, 9.17) is 14.9 Å². The minimum absolute atomic E-state index is 0.157. The molecular weight excluding hydrogens is 324 g/mol. The van der Waals surface area contributed by atoms with Gasteiger partial charge in [-0.05, 0) is 47.7 Å². The average molecular weight is 340 g/mol. The summed E-state index contributed by atoms with van der Waals surface area (Å²) < 4.78 is 10.4. The van der Waals surface area contributed by atoms with Gasteiger partial charge in [0.2, 0.25) is 0 Å². The van der Waals surface area contributed by atoms with Crippen molar-refractivity contribution in [3.05, 3.63) is 59.0 Å². The molecule has 24 heavy (non-hydrogen) atoms. The molecule has 0 spiro atoms. The number of carbonyl (C=O) groups is 1. The Hall–Kier alpha value is -2.73. The van der Waals surface area contributed by atoms with Crippen LogP contribution in [0.5, 0.6) is 11.5 Å². The molecule has 1 amide bonds. The van der Waals surface area contributed by atoms with Crippen molar-refractivity contribution in [3.8, 4) is 11.5 Å². The lowest BCUT2D eigenvalue weighted by Crippen LogP contribution is -2.28. The van der Waals surface area contributed by atoms with Gasteiger partial charge >= 0.3 is 0 Å². The molecular formula is C18H16N2O3S. The van der Waals surface area contributed by atoms with E-state index in [0.29, 0.717) is 16.3 Å². The number of ether oxygens (including phenoxy) is 2. The van der Waals surface area contributed by atoms with Gasteiger partial charge in [-0.25, -0.2) is 0 Å². The van der Waals surface area contributed by atoms with Crippen LogP contribution in [0.3, 0.4) is 0 Å². The molecule has 5 nitrogen and oxygen atoms in total. The van der Waals surface area contributed by atoms with E-state index in [1.807, 2.05) is 36.4 Å². The minimum atomic E-state index is -0.231. The average Bonchev–Trinajstić information content (AvgIpc) is 2.89. The molecule has 1 heterocycles. The number of hydrogen-bond donors (Lipinski definition) is 1. The number of methoxy groups -OCH3 is 2. The van der Waals surface area contributed by atoms with Crippen molar-refractivity contribution in [1.82, 2.24) is 0 Å². The maximum atomic E-state index is 12.7. The molecule has 2 aromatic carbocycles. The van der Waals surface area contributed by atoms with Gasteiger partial charge in [-0.15, -0.1) is 0 Å². The Morgan fingerprint density at radius 2 is 1.75 bits per heavy atom. The van der Waals surface area contributed by atoms with Crippen LogP contribution in [0.4, 0.5) is 5.69 Å². The van der Waals surface area contributed by atoms with Gasteiger partial charge in [0.1, 0.15) is 11.5 Å². The maximum absolute atomic E-state index is 12.7. The SMILES string of the molecule is COc1ccc(/C=C2\SC(=N)N(c3ccccc3OC)C2=O)cc1. The molecule has 1 aliphatic rings. The zero-order chi connectivity index (χ0) is 17.1. The highest BCUT2D eigenvalue weighted by molar-refractivity contribution is 8.19. The molecule has 3 rings (SSSR count). The number of carbonyl (C=O) groups excluding carboxylic acids is 1. The third-order valence-electron chi connectivity index (χ3n) is 3.56. The summed E-state index contributed by atoms with van der Waals surface area (Å²) in [6, 6.07) is 14.6. The van der Waals surface area contributed by atoms with E-state index in [2.05, 4.69) is 0 Å². The van der Waals surface area contributed by atoms with Crippen LogP contribution in [0.2, 0.25) is 0 Å². The van der Waals surface area contributed by atoms with Crippen LogP contribution in [0.15, 0.2) is 53.4 Å². The molecule has 0 aliphatic carbocycles. The van der Waals surface area contributed by atoms with Crippen molar-refractivity contribution in [3.63, 3.8) is 0 Å². The second kappa shape index (κ2) is 6.80. The number of nitrogens with one attached hydrogen (secondary N) is 1. The van der Waals surface area contributed by atoms with Gasteiger partial charge in [0, 0.05) is 0 Å². The smallest absolute Gasteiger partial charge is 0.271 e. The van der Waals surface area contributed by atoms with E-state index in [-0.39, 0.29) is 11.1 Å². The number of nitrogens with zero attached hydrogens (tertiary/aromatic N) is 1. The Morgan fingerprint density at radius 1 is 1.04 bits per heavy atom. The Morgan fingerprint density at radius 3 is 2.42 bits per heavy atom. The molecule has 1 saturated heterocycles. The Kier molecular flexibility index (Phi) is 4.57. The van der Waals surface area contributed by atoms with E-state index in [0.717, 1.165) is 23.1 Å². The largest absolute Gasteiger partial charge is 0.497 e. The van der Waals surface area contributed by atoms with Crippen LogP contribution in [-0.2, 0) is 4.79 Å². The van der Waals surface area contributed by atoms with Crippen LogP contribution < -0.4 is 14.4 Å². The normalized spacial score (nSPS) is 15.9. The maximum Gasteiger partial charge on any atom is 0.271 e. The monoisotopic (exact) mass is 340 g/mol. The fraction of sp³-hybridized carbons (Fsp3) is 0.111. The van der Waals surface area contributed by atoms with Gasteiger partial charge in [-0.2, -0.15) is 0 Å². The Labute approximate surface area is 144 Å². The minimum Gasteiger partial charge on any atom is -0.497 e. The lowest BCUT2D eigenvalue weighted by molar-refractivity contribution is -0.113. The highest BCUT2D eigenvalue weighted by Gasteiger charge is 2.35. The second-order valence-corrected chi connectivity index (χ2v) is 6.03. The van der Waals surface area contributed by atoms with Crippen LogP contribution >= 0.6 is 11.8 Å². The number of thioether (sulfide) groups is 1. The summed E-state index contributed by atoms with van der Waals surface area (Å²) in [7, 11) is 3.15. The number of benzene rings is 2. The topological polar surface area (TPSA) is 62.6 Å². The first kappa shape index (κ1) is 16.1. The first-order chi connectivity index (χ1) is 11.6. The molecule has 1 fully saturated rings. The predicted molar refractivity (Wildman–Crippen MR) is 96.8 cm³/mol. The fourth-order valence-electron chi connectivity index (χ4n) is 2.37. The summed E-state index contributed by atoms with van der Waals surface area (Å²) in [4.78, 5) is 14.6. The summed E-state index contributed by atoms with van der Waals surface area (Å²) in [6.07, 6.45) is 1.77. The Bertz CT molecular complexity index is 815. The van der Waals surface area contributed by atoms with Crippen molar-refractivity contribution in [1.29, 1.82) is 5.41 Å². The quantitative estimate of drug-likeness (QED) is 0.861. The van der Waals surface area contributed by atoms with Gasteiger partial charge in [-0.3, -0.25) is 15.1 Å². The van der Waals surface area contributed by atoms with Crippen LogP contribution in [0.1, 0.15) is 5.56 Å². The fourth-order valence-corrected chi connectivity index (χ4v) is 3.23. The second-order valence-electron chi connectivity index (χ2n) is 5.00. The molecule has 0 bridgehead atoms. The standard InChI is InChI=1S/C18H16N2O3S/c1-22-13-9-7-12(8-10-13)11-16-17(21)20(18(19)24-16)14-5-3-4-6-15(14)23-2/h3-11,19H,1-2H3/b16-11-,19-18?. The van der Waals surface area contributed by atoms with E-state index in [1.54, 1.807) is 32.4 Å². The Balaban J connectivity index is 1.92. The molecule has 1 N–H and O–H groups in total. The van der Waals surface area contributed by atoms with Crippen LogP contribution in [-0.4, -0.2) is 25.3 Å². The molecule has 2 aromatic rings.